The fraction of sp³-hybridized carbons (Fsp3) is 0.261. The summed E-state index contributed by atoms with van der Waals surface area (Å²) < 4.78 is 1.54. The van der Waals surface area contributed by atoms with E-state index in [-0.39, 0.29) is 23.0 Å². The number of rotatable bonds is 5. The molecule has 1 N–H and O–H groups in total. The predicted octanol–water partition coefficient (Wildman–Crippen LogP) is 3.14. The molecule has 0 spiro atoms. The Morgan fingerprint density at radius 2 is 1.97 bits per heavy atom. The number of amides is 1. The van der Waals surface area contributed by atoms with E-state index in [1.54, 1.807) is 11.0 Å². The molecule has 0 saturated carbocycles. The molecule has 2 aromatic heterocycles. The van der Waals surface area contributed by atoms with Gasteiger partial charge in [0.25, 0.3) is 17.2 Å². The van der Waals surface area contributed by atoms with E-state index in [9.17, 15) is 19.7 Å². The number of H-pyrrole nitrogens is 1. The van der Waals surface area contributed by atoms with E-state index in [0.29, 0.717) is 41.7 Å². The SMILES string of the molecule is O=C(c1ccc([N+](=O)[O-])cc1)N1CCCC(c2nc3c(nnn3Cc3ccccc3Cl)c(=O)[nH]2)C1. The molecule has 12 heteroatoms. The second-order valence-corrected chi connectivity index (χ2v) is 8.76. The molecule has 0 bridgehead atoms. The summed E-state index contributed by atoms with van der Waals surface area (Å²) in [6, 6.07) is 12.9. The molecule has 3 heterocycles. The van der Waals surface area contributed by atoms with Gasteiger partial charge in [-0.2, -0.15) is 0 Å². The molecular formula is C23H20ClN7O4. The van der Waals surface area contributed by atoms with Crippen molar-refractivity contribution in [2.45, 2.75) is 25.3 Å². The molecule has 4 aromatic rings. The van der Waals surface area contributed by atoms with Crippen molar-refractivity contribution in [2.75, 3.05) is 13.1 Å². The van der Waals surface area contributed by atoms with Gasteiger partial charge in [0.2, 0.25) is 0 Å². The van der Waals surface area contributed by atoms with Crippen LogP contribution in [-0.4, -0.2) is 53.8 Å². The Labute approximate surface area is 203 Å². The van der Waals surface area contributed by atoms with Crippen LogP contribution in [0.2, 0.25) is 5.02 Å². The minimum Gasteiger partial charge on any atom is -0.338 e. The summed E-state index contributed by atoms with van der Waals surface area (Å²) in [6.45, 7) is 1.21. The van der Waals surface area contributed by atoms with Crippen molar-refractivity contribution in [2.24, 2.45) is 0 Å². The van der Waals surface area contributed by atoms with Gasteiger partial charge in [0.15, 0.2) is 11.2 Å². The normalized spacial score (nSPS) is 15.9. The first kappa shape index (κ1) is 22.7. The number of halogens is 1. The molecule has 1 saturated heterocycles. The number of hydrogen-bond acceptors (Lipinski definition) is 7. The van der Waals surface area contributed by atoms with E-state index < -0.39 is 10.5 Å². The van der Waals surface area contributed by atoms with Crippen molar-refractivity contribution in [1.29, 1.82) is 0 Å². The molecular weight excluding hydrogens is 474 g/mol. The minimum absolute atomic E-state index is 0.0739. The zero-order chi connectivity index (χ0) is 24.5. The summed E-state index contributed by atoms with van der Waals surface area (Å²) in [5.41, 5.74) is 1.21. The number of benzene rings is 2. The number of nitro groups is 1. The topological polar surface area (TPSA) is 140 Å². The van der Waals surface area contributed by atoms with Gasteiger partial charge < -0.3 is 9.88 Å². The molecule has 1 unspecified atom stereocenters. The lowest BCUT2D eigenvalue weighted by Gasteiger charge is -2.32. The fourth-order valence-electron chi connectivity index (χ4n) is 4.26. The standard InChI is InChI=1S/C23H20ClN7O4/c24-18-6-2-1-4-15(18)13-30-21-19(27-28-30)22(32)26-20(25-21)16-5-3-11-29(12-16)23(33)14-7-9-17(10-8-14)31(34)35/h1-2,4,6-10,16H,3,5,11-13H2,(H,25,26,32). The quantitative estimate of drug-likeness (QED) is 0.332. The van der Waals surface area contributed by atoms with Crippen LogP contribution in [0.1, 0.15) is 40.5 Å². The van der Waals surface area contributed by atoms with Crippen LogP contribution < -0.4 is 5.56 Å². The van der Waals surface area contributed by atoms with Gasteiger partial charge in [0.1, 0.15) is 5.82 Å². The first-order valence-corrected chi connectivity index (χ1v) is 11.4. The van der Waals surface area contributed by atoms with Gasteiger partial charge in [-0.1, -0.05) is 35.0 Å². The van der Waals surface area contributed by atoms with Crippen LogP contribution in [0.5, 0.6) is 0 Å². The number of non-ortho nitro benzene ring substituents is 1. The van der Waals surface area contributed by atoms with Crippen molar-refractivity contribution in [3.05, 3.63) is 91.0 Å². The number of nitro benzene ring substituents is 1. The maximum atomic E-state index is 13.0. The lowest BCUT2D eigenvalue weighted by atomic mass is 9.96. The van der Waals surface area contributed by atoms with Crippen LogP contribution in [0.15, 0.2) is 53.3 Å². The molecule has 178 valence electrons. The molecule has 1 aliphatic heterocycles. The molecule has 5 rings (SSSR count). The number of carbonyl (C=O) groups excluding carboxylic acids is 1. The molecule has 1 amide bonds. The highest BCUT2D eigenvalue weighted by Crippen LogP contribution is 2.26. The Morgan fingerprint density at radius 3 is 2.71 bits per heavy atom. The van der Waals surface area contributed by atoms with Crippen molar-refractivity contribution in [3.8, 4) is 0 Å². The van der Waals surface area contributed by atoms with Gasteiger partial charge in [-0.05, 0) is 36.6 Å². The maximum absolute atomic E-state index is 13.0. The van der Waals surface area contributed by atoms with Crippen molar-refractivity contribution in [3.63, 3.8) is 0 Å². The third-order valence-electron chi connectivity index (χ3n) is 6.09. The third-order valence-corrected chi connectivity index (χ3v) is 6.46. The average Bonchev–Trinajstić information content (AvgIpc) is 3.28. The summed E-state index contributed by atoms with van der Waals surface area (Å²) in [4.78, 5) is 45.3. The number of aromatic nitrogens is 5. The van der Waals surface area contributed by atoms with E-state index in [1.807, 2.05) is 18.2 Å². The van der Waals surface area contributed by atoms with Gasteiger partial charge >= 0.3 is 0 Å². The number of likely N-dealkylation sites (tertiary alicyclic amines) is 1. The maximum Gasteiger partial charge on any atom is 0.281 e. The van der Waals surface area contributed by atoms with E-state index >= 15 is 0 Å². The highest BCUT2D eigenvalue weighted by atomic mass is 35.5. The number of nitrogens with zero attached hydrogens (tertiary/aromatic N) is 6. The minimum atomic E-state index is -0.505. The molecule has 1 atom stereocenters. The van der Waals surface area contributed by atoms with Gasteiger partial charge in [-0.3, -0.25) is 19.7 Å². The van der Waals surface area contributed by atoms with Crippen molar-refractivity contribution < 1.29 is 9.72 Å². The van der Waals surface area contributed by atoms with Crippen LogP contribution in [0, 0.1) is 10.1 Å². The van der Waals surface area contributed by atoms with Gasteiger partial charge in [-0.15, -0.1) is 5.10 Å². The van der Waals surface area contributed by atoms with Crippen LogP contribution in [-0.2, 0) is 6.54 Å². The van der Waals surface area contributed by atoms with Gasteiger partial charge in [0, 0.05) is 41.7 Å². The van der Waals surface area contributed by atoms with Crippen LogP contribution in [0.25, 0.3) is 11.2 Å². The van der Waals surface area contributed by atoms with Gasteiger partial charge in [-0.25, -0.2) is 9.67 Å². The zero-order valence-electron chi connectivity index (χ0n) is 18.4. The smallest absolute Gasteiger partial charge is 0.281 e. The molecule has 0 aliphatic carbocycles. The summed E-state index contributed by atoms with van der Waals surface area (Å²) >= 11 is 6.28. The molecule has 1 aliphatic rings. The highest BCUT2D eigenvalue weighted by molar-refractivity contribution is 6.31. The van der Waals surface area contributed by atoms with Crippen molar-refractivity contribution >= 4 is 34.4 Å². The molecule has 2 aromatic carbocycles. The number of nitrogens with one attached hydrogen (secondary N) is 1. The van der Waals surface area contributed by atoms with E-state index in [4.69, 9.17) is 11.6 Å². The zero-order valence-corrected chi connectivity index (χ0v) is 19.2. The summed E-state index contributed by atoms with van der Waals surface area (Å²) in [5.74, 6) is 0.0522. The summed E-state index contributed by atoms with van der Waals surface area (Å²) in [5, 5.41) is 19.5. The number of piperidine rings is 1. The van der Waals surface area contributed by atoms with Crippen LogP contribution in [0.3, 0.4) is 0 Å². The number of aromatic amines is 1. The molecule has 0 radical (unpaired) electrons. The van der Waals surface area contributed by atoms with Crippen molar-refractivity contribution in [1.82, 2.24) is 29.9 Å². The Kier molecular flexibility index (Phi) is 6.00. The average molecular weight is 494 g/mol. The molecule has 35 heavy (non-hydrogen) atoms. The van der Waals surface area contributed by atoms with E-state index in [2.05, 4.69) is 20.3 Å². The monoisotopic (exact) mass is 493 g/mol. The van der Waals surface area contributed by atoms with Crippen LogP contribution >= 0.6 is 11.6 Å². The predicted molar refractivity (Wildman–Crippen MR) is 127 cm³/mol. The number of hydrogen-bond donors (Lipinski definition) is 1. The lowest BCUT2D eigenvalue weighted by molar-refractivity contribution is -0.384. The van der Waals surface area contributed by atoms with E-state index in [1.165, 1.54) is 28.9 Å². The first-order valence-electron chi connectivity index (χ1n) is 11.0. The third kappa shape index (κ3) is 4.50. The van der Waals surface area contributed by atoms with E-state index in [0.717, 1.165) is 18.4 Å². The Balaban J connectivity index is 1.40. The Hall–Kier alpha value is -4.12. The Morgan fingerprint density at radius 1 is 1.20 bits per heavy atom. The Bertz CT molecular complexity index is 1480. The second-order valence-electron chi connectivity index (χ2n) is 8.36. The first-order chi connectivity index (χ1) is 16.9. The highest BCUT2D eigenvalue weighted by Gasteiger charge is 2.28. The largest absolute Gasteiger partial charge is 0.338 e. The van der Waals surface area contributed by atoms with Gasteiger partial charge in [0.05, 0.1) is 11.5 Å². The summed E-state index contributed by atoms with van der Waals surface area (Å²) in [6.07, 6.45) is 1.47. The molecule has 11 nitrogen and oxygen atoms in total. The molecule has 1 fully saturated rings. The fourth-order valence-corrected chi connectivity index (χ4v) is 4.46. The number of carbonyl (C=O) groups is 1. The number of fused-ring (bicyclic) bond motifs is 1. The second kappa shape index (κ2) is 9.26. The lowest BCUT2D eigenvalue weighted by Crippen LogP contribution is -2.40. The van der Waals surface area contributed by atoms with Crippen LogP contribution in [0.4, 0.5) is 5.69 Å². The summed E-state index contributed by atoms with van der Waals surface area (Å²) in [7, 11) is 0.